The van der Waals surface area contributed by atoms with Crippen LogP contribution in [0, 0.1) is 25.5 Å². The molecule has 4 aromatic carbocycles. The number of pyridine rings is 2. The van der Waals surface area contributed by atoms with Crippen LogP contribution in [-0.4, -0.2) is 50.0 Å². The number of aromatic amines is 2. The molecular weight excluding hydrogens is 743 g/mol. The highest BCUT2D eigenvalue weighted by Gasteiger charge is 2.52. The van der Waals surface area contributed by atoms with Crippen LogP contribution in [0.3, 0.4) is 0 Å². The molecule has 1 aliphatic heterocycles. The van der Waals surface area contributed by atoms with Gasteiger partial charge in [0.25, 0.3) is 0 Å². The number of fused-ring (bicyclic) bond motifs is 2. The highest BCUT2D eigenvalue weighted by atomic mass is 19.1. The number of benzene rings is 4. The molecule has 9 rings (SSSR count). The topological polar surface area (TPSA) is 126 Å². The molecule has 1 amide bonds. The third-order valence-electron chi connectivity index (χ3n) is 10.7. The molecule has 1 saturated heterocycles. The van der Waals surface area contributed by atoms with Crippen LogP contribution < -0.4 is 25.9 Å². The number of para-hydroxylation sites is 2. The Morgan fingerprint density at radius 2 is 1.10 bits per heavy atom. The van der Waals surface area contributed by atoms with Crippen LogP contribution in [0.15, 0.2) is 131 Å². The van der Waals surface area contributed by atoms with E-state index in [2.05, 4.69) is 15.3 Å². The maximum absolute atomic E-state index is 15.1. The molecule has 0 atom stereocenters. The molecule has 0 spiro atoms. The minimum absolute atomic E-state index is 0.0123. The lowest BCUT2D eigenvalue weighted by atomic mass is 9.80. The Morgan fingerprint density at radius 3 is 1.55 bits per heavy atom. The Kier molecular flexibility index (Phi) is 9.01. The fraction of sp³-hybridized carbons (Fsp3) is 0.133. The summed E-state index contributed by atoms with van der Waals surface area (Å²) in [6, 6.07) is 33.1. The maximum Gasteiger partial charge on any atom is 0.248 e. The summed E-state index contributed by atoms with van der Waals surface area (Å²) in [7, 11) is 0. The summed E-state index contributed by atoms with van der Waals surface area (Å²) in [5.41, 5.74) is 2.21. The minimum Gasteiger partial charge on any atom is -0.440 e. The van der Waals surface area contributed by atoms with Crippen molar-refractivity contribution >= 4 is 28.5 Å². The number of hydrogen-bond donors (Lipinski definition) is 3. The standard InChI is InChI=1S/C45H36F2N6O5/c1-27-13-15-29(46)23-35(27)57-43-39(41-33(17-19-37(55)49-41)52(43)31-9-5-3-6-10-31)45(25-48-21-22-51(45)26-54)40-42-34(18-20-38(56)50-42)53(32-11-7-4-8-12-32)44(40)58-36-24-30(47)16-14-28(36)2/h3-20,23-24,26,48H,21-22,25H2,1-2H3,(H,49,55)(H,50,56). The SMILES string of the molecule is Cc1ccc(F)cc1Oc1c(C2(c3c(Oc4cc(F)ccc4C)n(-c4ccccc4)c4ccc(=O)[nH]c34)CNCCN2C=O)c2[nH]c(=O)ccc2n1-c1ccccc1. The molecule has 290 valence electrons. The van der Waals surface area contributed by atoms with Crippen molar-refractivity contribution in [2.24, 2.45) is 0 Å². The number of rotatable bonds is 9. The van der Waals surface area contributed by atoms with Crippen LogP contribution >= 0.6 is 0 Å². The molecule has 0 bridgehead atoms. The zero-order chi connectivity index (χ0) is 40.1. The van der Waals surface area contributed by atoms with Crippen LogP contribution in [0.4, 0.5) is 8.78 Å². The number of halogens is 2. The number of piperazine rings is 1. The van der Waals surface area contributed by atoms with Crippen LogP contribution in [0.25, 0.3) is 33.4 Å². The van der Waals surface area contributed by atoms with Gasteiger partial charge in [0.1, 0.15) is 28.7 Å². The molecule has 11 nitrogen and oxygen atoms in total. The number of nitrogens with one attached hydrogen (secondary N) is 3. The van der Waals surface area contributed by atoms with Crippen molar-refractivity contribution in [2.75, 3.05) is 19.6 Å². The Hall–Kier alpha value is -7.25. The predicted octanol–water partition coefficient (Wildman–Crippen LogP) is 7.74. The zero-order valence-electron chi connectivity index (χ0n) is 31.4. The van der Waals surface area contributed by atoms with E-state index in [-0.39, 0.29) is 36.3 Å². The normalized spacial score (nSPS) is 13.9. The third kappa shape index (κ3) is 5.94. The summed E-state index contributed by atoms with van der Waals surface area (Å²) in [5, 5.41) is 3.48. The molecule has 8 aromatic rings. The van der Waals surface area contributed by atoms with Crippen LogP contribution in [0.5, 0.6) is 23.3 Å². The fourth-order valence-corrected chi connectivity index (χ4v) is 8.04. The van der Waals surface area contributed by atoms with Gasteiger partial charge in [-0.05, 0) is 73.5 Å². The molecule has 5 heterocycles. The number of carbonyl (C=O) groups excluding carboxylic acids is 1. The summed E-state index contributed by atoms with van der Waals surface area (Å²) >= 11 is 0. The Labute approximate surface area is 329 Å². The van der Waals surface area contributed by atoms with Crippen molar-refractivity contribution < 1.29 is 23.0 Å². The maximum atomic E-state index is 15.1. The monoisotopic (exact) mass is 778 g/mol. The van der Waals surface area contributed by atoms with Gasteiger partial charge in [-0.2, -0.15) is 0 Å². The lowest BCUT2D eigenvalue weighted by molar-refractivity contribution is -0.124. The molecule has 0 unspecified atom stereocenters. The van der Waals surface area contributed by atoms with Gasteiger partial charge in [0.05, 0.1) is 33.2 Å². The smallest absolute Gasteiger partial charge is 0.248 e. The highest BCUT2D eigenvalue weighted by Crippen LogP contribution is 2.54. The second kappa shape index (κ2) is 14.4. The molecule has 4 aromatic heterocycles. The van der Waals surface area contributed by atoms with E-state index in [0.29, 0.717) is 62.2 Å². The van der Waals surface area contributed by atoms with Crippen LogP contribution in [-0.2, 0) is 10.3 Å². The van der Waals surface area contributed by atoms with Crippen LogP contribution in [0.2, 0.25) is 0 Å². The van der Waals surface area contributed by atoms with Gasteiger partial charge in [0.15, 0.2) is 0 Å². The van der Waals surface area contributed by atoms with Crippen molar-refractivity contribution in [3.05, 3.63) is 176 Å². The molecule has 1 aliphatic rings. The second-order valence-corrected chi connectivity index (χ2v) is 14.2. The van der Waals surface area contributed by atoms with E-state index < -0.39 is 28.3 Å². The highest BCUT2D eigenvalue weighted by molar-refractivity contribution is 5.93. The van der Waals surface area contributed by atoms with Gasteiger partial charge in [-0.3, -0.25) is 23.5 Å². The predicted molar refractivity (Wildman–Crippen MR) is 217 cm³/mol. The summed E-state index contributed by atoms with van der Waals surface area (Å²) in [6.45, 7) is 4.13. The number of hydrogen-bond acceptors (Lipinski definition) is 6. The first-order valence-electron chi connectivity index (χ1n) is 18.7. The van der Waals surface area contributed by atoms with Gasteiger partial charge in [0, 0.05) is 55.3 Å². The molecular formula is C45H36F2N6O5. The minimum atomic E-state index is -1.67. The number of H-pyrrole nitrogens is 2. The first-order valence-corrected chi connectivity index (χ1v) is 18.7. The van der Waals surface area contributed by atoms with E-state index in [1.54, 1.807) is 52.1 Å². The molecule has 13 heteroatoms. The quantitative estimate of drug-likeness (QED) is 0.129. The number of amides is 1. The molecule has 0 radical (unpaired) electrons. The van der Waals surface area contributed by atoms with E-state index in [0.717, 1.165) is 6.41 Å². The van der Waals surface area contributed by atoms with Crippen molar-refractivity contribution in [1.29, 1.82) is 0 Å². The fourth-order valence-electron chi connectivity index (χ4n) is 8.04. The van der Waals surface area contributed by atoms with E-state index in [4.69, 9.17) is 9.47 Å². The first-order chi connectivity index (χ1) is 28.2. The van der Waals surface area contributed by atoms with Gasteiger partial charge in [-0.15, -0.1) is 0 Å². The van der Waals surface area contributed by atoms with Gasteiger partial charge >= 0.3 is 0 Å². The molecule has 1 fully saturated rings. The molecule has 0 saturated carbocycles. The van der Waals surface area contributed by atoms with Gasteiger partial charge in [0.2, 0.25) is 29.3 Å². The number of nitrogens with zero attached hydrogens (tertiary/aromatic N) is 3. The average molecular weight is 779 g/mol. The second-order valence-electron chi connectivity index (χ2n) is 14.2. The largest absolute Gasteiger partial charge is 0.440 e. The Bertz CT molecular complexity index is 2800. The van der Waals surface area contributed by atoms with Crippen LogP contribution in [0.1, 0.15) is 22.3 Å². The zero-order valence-corrected chi connectivity index (χ0v) is 31.4. The lowest BCUT2D eigenvalue weighted by Crippen LogP contribution is -2.59. The van der Waals surface area contributed by atoms with Gasteiger partial charge in [-0.25, -0.2) is 8.78 Å². The molecule has 3 N–H and O–H groups in total. The van der Waals surface area contributed by atoms with E-state index >= 15 is 8.78 Å². The van der Waals surface area contributed by atoms with Crippen molar-refractivity contribution in [3.63, 3.8) is 0 Å². The summed E-state index contributed by atoms with van der Waals surface area (Å²) < 4.78 is 47.5. The van der Waals surface area contributed by atoms with E-state index in [1.807, 2.05) is 60.7 Å². The number of ether oxygens (including phenoxy) is 2. The summed E-state index contributed by atoms with van der Waals surface area (Å²) in [6.07, 6.45) is 0.717. The Morgan fingerprint density at radius 1 is 0.638 bits per heavy atom. The van der Waals surface area contributed by atoms with Crippen molar-refractivity contribution in [1.82, 2.24) is 29.3 Å². The van der Waals surface area contributed by atoms with Crippen molar-refractivity contribution in [3.8, 4) is 34.6 Å². The number of aryl methyl sites for hydroxylation is 2. The van der Waals surface area contributed by atoms with E-state index in [9.17, 15) is 14.4 Å². The molecule has 58 heavy (non-hydrogen) atoms. The lowest BCUT2D eigenvalue weighted by Gasteiger charge is -2.46. The number of carbonyl (C=O) groups is 1. The van der Waals surface area contributed by atoms with Gasteiger partial charge in [-0.1, -0.05) is 48.5 Å². The first kappa shape index (κ1) is 36.4. The van der Waals surface area contributed by atoms with Gasteiger partial charge < -0.3 is 29.7 Å². The van der Waals surface area contributed by atoms with E-state index in [1.165, 1.54) is 36.4 Å². The summed E-state index contributed by atoms with van der Waals surface area (Å²) in [5.74, 6) is -0.394. The summed E-state index contributed by atoms with van der Waals surface area (Å²) in [4.78, 5) is 48.4. The number of aromatic nitrogens is 4. The van der Waals surface area contributed by atoms with Crippen molar-refractivity contribution in [2.45, 2.75) is 19.4 Å². The Balaban J connectivity index is 1.51. The third-order valence-corrected chi connectivity index (χ3v) is 10.7. The molecule has 0 aliphatic carbocycles. The average Bonchev–Trinajstić information content (AvgIpc) is 3.72.